The summed E-state index contributed by atoms with van der Waals surface area (Å²) < 4.78 is 5.39. The summed E-state index contributed by atoms with van der Waals surface area (Å²) >= 11 is 0. The van der Waals surface area contributed by atoms with Gasteiger partial charge in [-0.3, -0.25) is 9.59 Å². The first-order chi connectivity index (χ1) is 13.6. The predicted molar refractivity (Wildman–Crippen MR) is 107 cm³/mol. The molecule has 7 nitrogen and oxygen atoms in total. The fourth-order valence-corrected chi connectivity index (χ4v) is 3.09. The van der Waals surface area contributed by atoms with E-state index in [0.717, 1.165) is 18.8 Å². The standard InChI is InChI=1S/C21H22N4O3/c1-16(26)25(18-8-6-17(14-22)7-9-18)15-21(27)23-19-4-2-3-5-20(19)24-10-12-28-13-11-24/h2-9H,10-13,15H2,1H3,(H,23,27). The van der Waals surface area contributed by atoms with Gasteiger partial charge in [-0.25, -0.2) is 0 Å². The number of nitriles is 1. The fourth-order valence-electron chi connectivity index (χ4n) is 3.09. The summed E-state index contributed by atoms with van der Waals surface area (Å²) in [4.78, 5) is 28.3. The van der Waals surface area contributed by atoms with Gasteiger partial charge in [0.05, 0.1) is 36.2 Å². The van der Waals surface area contributed by atoms with Crippen LogP contribution in [0, 0.1) is 11.3 Å². The lowest BCUT2D eigenvalue weighted by Crippen LogP contribution is -2.38. The molecule has 1 saturated heterocycles. The highest BCUT2D eigenvalue weighted by Gasteiger charge is 2.19. The van der Waals surface area contributed by atoms with Gasteiger partial charge in [0.2, 0.25) is 11.8 Å². The smallest absolute Gasteiger partial charge is 0.244 e. The molecule has 0 spiro atoms. The Morgan fingerprint density at radius 1 is 1.14 bits per heavy atom. The van der Waals surface area contributed by atoms with Crippen molar-refractivity contribution in [3.05, 3.63) is 54.1 Å². The van der Waals surface area contributed by atoms with Crippen LogP contribution in [-0.4, -0.2) is 44.7 Å². The van der Waals surface area contributed by atoms with Crippen LogP contribution in [0.4, 0.5) is 17.1 Å². The van der Waals surface area contributed by atoms with Crippen molar-refractivity contribution in [3.63, 3.8) is 0 Å². The summed E-state index contributed by atoms with van der Waals surface area (Å²) in [6.07, 6.45) is 0. The number of anilines is 3. The van der Waals surface area contributed by atoms with Crippen molar-refractivity contribution in [3.8, 4) is 6.07 Å². The number of amides is 2. The van der Waals surface area contributed by atoms with E-state index in [2.05, 4.69) is 10.2 Å². The molecular formula is C21H22N4O3. The van der Waals surface area contributed by atoms with Crippen molar-refractivity contribution in [2.24, 2.45) is 0 Å². The summed E-state index contributed by atoms with van der Waals surface area (Å²) in [7, 11) is 0. The Morgan fingerprint density at radius 2 is 1.82 bits per heavy atom. The van der Waals surface area contributed by atoms with E-state index in [1.54, 1.807) is 24.3 Å². The summed E-state index contributed by atoms with van der Waals surface area (Å²) in [6, 6.07) is 16.2. The molecule has 0 atom stereocenters. The van der Waals surface area contributed by atoms with Gasteiger partial charge in [-0.05, 0) is 36.4 Å². The molecule has 1 N–H and O–H groups in total. The Kier molecular flexibility index (Phi) is 6.25. The number of hydrogen-bond donors (Lipinski definition) is 1. The molecule has 1 aliphatic heterocycles. The van der Waals surface area contributed by atoms with Crippen molar-refractivity contribution in [2.45, 2.75) is 6.92 Å². The maximum atomic E-state index is 12.7. The zero-order chi connectivity index (χ0) is 19.9. The van der Waals surface area contributed by atoms with Crippen LogP contribution < -0.4 is 15.1 Å². The molecule has 1 fully saturated rings. The maximum Gasteiger partial charge on any atom is 0.244 e. The first-order valence-electron chi connectivity index (χ1n) is 9.08. The van der Waals surface area contributed by atoms with E-state index in [1.165, 1.54) is 11.8 Å². The van der Waals surface area contributed by atoms with Gasteiger partial charge in [-0.2, -0.15) is 5.26 Å². The van der Waals surface area contributed by atoms with E-state index in [1.807, 2.05) is 30.3 Å². The van der Waals surface area contributed by atoms with Crippen LogP contribution in [0.25, 0.3) is 0 Å². The first kappa shape index (κ1) is 19.4. The van der Waals surface area contributed by atoms with Crippen LogP contribution >= 0.6 is 0 Å². The van der Waals surface area contributed by atoms with Crippen molar-refractivity contribution < 1.29 is 14.3 Å². The molecule has 28 heavy (non-hydrogen) atoms. The van der Waals surface area contributed by atoms with Gasteiger partial charge in [-0.15, -0.1) is 0 Å². The van der Waals surface area contributed by atoms with E-state index < -0.39 is 0 Å². The number of morpholine rings is 1. The average Bonchev–Trinajstić information content (AvgIpc) is 2.73. The van der Waals surface area contributed by atoms with E-state index in [4.69, 9.17) is 10.00 Å². The number of para-hydroxylation sites is 2. The zero-order valence-corrected chi connectivity index (χ0v) is 15.7. The average molecular weight is 378 g/mol. The second-order valence-electron chi connectivity index (χ2n) is 6.43. The minimum absolute atomic E-state index is 0.112. The molecule has 2 aromatic carbocycles. The predicted octanol–water partition coefficient (Wildman–Crippen LogP) is 2.39. The third kappa shape index (κ3) is 4.67. The molecule has 1 aliphatic rings. The van der Waals surface area contributed by atoms with Crippen LogP contribution in [0.15, 0.2) is 48.5 Å². The number of carbonyl (C=O) groups excluding carboxylic acids is 2. The van der Waals surface area contributed by atoms with Crippen LogP contribution in [-0.2, 0) is 14.3 Å². The SMILES string of the molecule is CC(=O)N(CC(=O)Nc1ccccc1N1CCOCC1)c1ccc(C#N)cc1. The topological polar surface area (TPSA) is 85.7 Å². The Hall–Kier alpha value is -3.37. The minimum atomic E-state index is -0.291. The van der Waals surface area contributed by atoms with E-state index in [0.29, 0.717) is 30.2 Å². The highest BCUT2D eigenvalue weighted by atomic mass is 16.5. The molecule has 0 saturated carbocycles. The van der Waals surface area contributed by atoms with Gasteiger partial charge in [0.1, 0.15) is 6.54 Å². The van der Waals surface area contributed by atoms with Crippen molar-refractivity contribution >= 4 is 28.9 Å². The highest BCUT2D eigenvalue weighted by molar-refractivity contribution is 6.03. The van der Waals surface area contributed by atoms with Gasteiger partial charge >= 0.3 is 0 Å². The monoisotopic (exact) mass is 378 g/mol. The molecular weight excluding hydrogens is 356 g/mol. The normalized spacial score (nSPS) is 13.5. The van der Waals surface area contributed by atoms with Crippen LogP contribution in [0.5, 0.6) is 0 Å². The number of nitrogens with one attached hydrogen (secondary N) is 1. The third-order valence-corrected chi connectivity index (χ3v) is 4.52. The molecule has 2 aromatic rings. The Morgan fingerprint density at radius 3 is 2.46 bits per heavy atom. The molecule has 0 unspecified atom stereocenters. The second kappa shape index (κ2) is 9.02. The zero-order valence-electron chi connectivity index (χ0n) is 15.7. The lowest BCUT2D eigenvalue weighted by Gasteiger charge is -2.30. The second-order valence-corrected chi connectivity index (χ2v) is 6.43. The number of nitrogens with zero attached hydrogens (tertiary/aromatic N) is 3. The number of ether oxygens (including phenoxy) is 1. The van der Waals surface area contributed by atoms with Crippen LogP contribution in [0.3, 0.4) is 0 Å². The lowest BCUT2D eigenvalue weighted by atomic mass is 10.2. The Labute approximate surface area is 164 Å². The lowest BCUT2D eigenvalue weighted by molar-refractivity contribution is -0.120. The molecule has 0 aliphatic carbocycles. The van der Waals surface area contributed by atoms with E-state index in [9.17, 15) is 9.59 Å². The molecule has 0 aromatic heterocycles. The van der Waals surface area contributed by atoms with E-state index in [-0.39, 0.29) is 18.4 Å². The highest BCUT2D eigenvalue weighted by Crippen LogP contribution is 2.26. The maximum absolute atomic E-state index is 12.7. The molecule has 2 amide bonds. The summed E-state index contributed by atoms with van der Waals surface area (Å²) in [5.41, 5.74) is 2.71. The summed E-state index contributed by atoms with van der Waals surface area (Å²) in [5, 5.41) is 11.8. The van der Waals surface area contributed by atoms with Gasteiger partial charge in [0.25, 0.3) is 0 Å². The molecule has 0 radical (unpaired) electrons. The summed E-state index contributed by atoms with van der Waals surface area (Å²) in [6.45, 7) is 4.12. The van der Waals surface area contributed by atoms with Gasteiger partial charge < -0.3 is 19.9 Å². The minimum Gasteiger partial charge on any atom is -0.378 e. The van der Waals surface area contributed by atoms with Crippen molar-refractivity contribution in [1.29, 1.82) is 5.26 Å². The quantitative estimate of drug-likeness (QED) is 0.863. The van der Waals surface area contributed by atoms with Gasteiger partial charge in [0.15, 0.2) is 0 Å². The number of carbonyl (C=O) groups is 2. The Balaban J connectivity index is 1.73. The van der Waals surface area contributed by atoms with Gasteiger partial charge in [0, 0.05) is 25.7 Å². The molecule has 1 heterocycles. The number of benzene rings is 2. The molecule has 0 bridgehead atoms. The molecule has 7 heteroatoms. The third-order valence-electron chi connectivity index (χ3n) is 4.52. The summed E-state index contributed by atoms with van der Waals surface area (Å²) in [5.74, 6) is -0.540. The van der Waals surface area contributed by atoms with E-state index >= 15 is 0 Å². The molecule has 3 rings (SSSR count). The fraction of sp³-hybridized carbons (Fsp3) is 0.286. The van der Waals surface area contributed by atoms with Gasteiger partial charge in [-0.1, -0.05) is 12.1 Å². The first-order valence-corrected chi connectivity index (χ1v) is 9.08. The Bertz CT molecular complexity index is 883. The van der Waals surface area contributed by atoms with Crippen molar-refractivity contribution in [1.82, 2.24) is 0 Å². The van der Waals surface area contributed by atoms with Crippen LogP contribution in [0.1, 0.15) is 12.5 Å². The van der Waals surface area contributed by atoms with Crippen molar-refractivity contribution in [2.75, 3.05) is 48.0 Å². The number of hydrogen-bond acceptors (Lipinski definition) is 5. The molecule has 144 valence electrons. The number of rotatable bonds is 5. The largest absolute Gasteiger partial charge is 0.378 e. The van der Waals surface area contributed by atoms with Crippen LogP contribution in [0.2, 0.25) is 0 Å².